The number of fused-ring (bicyclic) bond motifs is 1. The van der Waals surface area contributed by atoms with Gasteiger partial charge in [-0.15, -0.1) is 11.3 Å². The smallest absolute Gasteiger partial charge is 0.338 e. The summed E-state index contributed by atoms with van der Waals surface area (Å²) in [6, 6.07) is 9.98. The number of amides is 2. The summed E-state index contributed by atoms with van der Waals surface area (Å²) in [6.45, 7) is 4.48. The number of carbonyl (C=O) groups excluding carboxylic acids is 2. The highest BCUT2D eigenvalue weighted by Gasteiger charge is 2.34. The Bertz CT molecular complexity index is 1270. The van der Waals surface area contributed by atoms with E-state index in [0.29, 0.717) is 33.9 Å². The number of para-hydroxylation sites is 1. The van der Waals surface area contributed by atoms with Crippen molar-refractivity contribution < 1.29 is 14.3 Å². The molecule has 0 radical (unpaired) electrons. The lowest BCUT2D eigenvalue weighted by atomic mass is 10.0. The predicted molar refractivity (Wildman–Crippen MR) is 129 cm³/mol. The normalized spacial score (nSPS) is 15.9. The van der Waals surface area contributed by atoms with Crippen LogP contribution in [0.3, 0.4) is 0 Å². The molecule has 1 unspecified atom stereocenters. The van der Waals surface area contributed by atoms with Crippen LogP contribution in [0.5, 0.6) is 0 Å². The third kappa shape index (κ3) is 4.81. The Morgan fingerprint density at radius 1 is 1.21 bits per heavy atom. The number of rotatable bonds is 8. The second-order valence-corrected chi connectivity index (χ2v) is 9.24. The van der Waals surface area contributed by atoms with Crippen LogP contribution < -0.4 is 16.2 Å². The number of benzene rings is 1. The van der Waals surface area contributed by atoms with E-state index < -0.39 is 18.0 Å². The zero-order chi connectivity index (χ0) is 23.4. The van der Waals surface area contributed by atoms with Crippen LogP contribution in [-0.4, -0.2) is 33.9 Å². The van der Waals surface area contributed by atoms with Gasteiger partial charge in [-0.25, -0.2) is 14.6 Å². The van der Waals surface area contributed by atoms with Crippen molar-refractivity contribution in [3.63, 3.8) is 0 Å². The van der Waals surface area contributed by atoms with E-state index in [0.717, 1.165) is 11.3 Å². The van der Waals surface area contributed by atoms with Crippen LogP contribution in [0.4, 0.5) is 4.79 Å². The van der Waals surface area contributed by atoms with Crippen molar-refractivity contribution >= 4 is 46.0 Å². The molecular weight excluding hydrogens is 460 g/mol. The molecule has 0 spiro atoms. The highest BCUT2D eigenvalue weighted by molar-refractivity contribution is 7.99. The molecule has 1 aliphatic heterocycles. The van der Waals surface area contributed by atoms with Crippen molar-refractivity contribution in [1.29, 1.82) is 0 Å². The van der Waals surface area contributed by atoms with Crippen LogP contribution >= 0.6 is 23.1 Å². The molecule has 2 amide bonds. The first-order chi connectivity index (χ1) is 16.0. The largest absolute Gasteiger partial charge is 0.463 e. The van der Waals surface area contributed by atoms with Gasteiger partial charge in [0.1, 0.15) is 0 Å². The molecule has 172 valence electrons. The third-order valence-corrected chi connectivity index (χ3v) is 7.04. The summed E-state index contributed by atoms with van der Waals surface area (Å²) >= 11 is 2.76. The van der Waals surface area contributed by atoms with Crippen LogP contribution in [-0.2, 0) is 16.1 Å². The number of carbonyl (C=O) groups is 2. The van der Waals surface area contributed by atoms with Crippen LogP contribution in [0.25, 0.3) is 10.9 Å². The number of thioether (sulfide) groups is 1. The van der Waals surface area contributed by atoms with Crippen molar-refractivity contribution in [2.75, 3.05) is 12.4 Å². The minimum Gasteiger partial charge on any atom is -0.463 e. The fourth-order valence-corrected chi connectivity index (χ4v) is 5.44. The summed E-state index contributed by atoms with van der Waals surface area (Å²) < 4.78 is 6.95. The van der Waals surface area contributed by atoms with Crippen molar-refractivity contribution in [3.05, 3.63) is 68.3 Å². The van der Waals surface area contributed by atoms with Crippen molar-refractivity contribution in [3.8, 4) is 0 Å². The van der Waals surface area contributed by atoms with Gasteiger partial charge in [0.2, 0.25) is 0 Å². The van der Waals surface area contributed by atoms with Gasteiger partial charge in [-0.3, -0.25) is 9.36 Å². The molecule has 1 atom stereocenters. The van der Waals surface area contributed by atoms with E-state index in [2.05, 4.69) is 10.6 Å². The van der Waals surface area contributed by atoms with Gasteiger partial charge in [-0.1, -0.05) is 36.9 Å². The summed E-state index contributed by atoms with van der Waals surface area (Å²) in [5.74, 6) is -0.241. The van der Waals surface area contributed by atoms with Crippen LogP contribution in [0, 0.1) is 0 Å². The van der Waals surface area contributed by atoms with E-state index in [4.69, 9.17) is 9.72 Å². The molecule has 0 fully saturated rings. The fourth-order valence-electron chi connectivity index (χ4n) is 3.67. The summed E-state index contributed by atoms with van der Waals surface area (Å²) in [6.07, 6.45) is 0.769. The number of nitrogens with one attached hydrogen (secondary N) is 2. The van der Waals surface area contributed by atoms with E-state index in [1.807, 2.05) is 36.6 Å². The average Bonchev–Trinajstić information content (AvgIpc) is 3.34. The maximum atomic E-state index is 13.1. The van der Waals surface area contributed by atoms with Crippen LogP contribution in [0.1, 0.15) is 31.2 Å². The molecule has 33 heavy (non-hydrogen) atoms. The molecule has 0 saturated carbocycles. The van der Waals surface area contributed by atoms with Gasteiger partial charge in [-0.05, 0) is 36.9 Å². The van der Waals surface area contributed by atoms with E-state index >= 15 is 0 Å². The molecule has 1 aromatic carbocycles. The number of hydrogen-bond donors (Lipinski definition) is 2. The Kier molecular flexibility index (Phi) is 7.14. The second-order valence-electron chi connectivity index (χ2n) is 7.32. The first kappa shape index (κ1) is 23.1. The van der Waals surface area contributed by atoms with Crippen molar-refractivity contribution in [2.24, 2.45) is 0 Å². The van der Waals surface area contributed by atoms with Gasteiger partial charge < -0.3 is 15.4 Å². The Morgan fingerprint density at radius 3 is 2.76 bits per heavy atom. The molecule has 3 heterocycles. The van der Waals surface area contributed by atoms with Gasteiger partial charge in [0.15, 0.2) is 5.16 Å². The maximum Gasteiger partial charge on any atom is 0.338 e. The summed E-state index contributed by atoms with van der Waals surface area (Å²) in [4.78, 5) is 43.9. The number of hydrogen-bond acceptors (Lipinski definition) is 7. The SMILES string of the molecule is CCCn1c(SCC2=C(C(=O)OCC)C(c3cccs3)NC(=O)N2)nc2ccccc2c1=O. The Hall–Kier alpha value is -3.11. The Labute approximate surface area is 199 Å². The molecule has 4 rings (SSSR count). The Balaban J connectivity index is 1.74. The number of esters is 1. The minimum absolute atomic E-state index is 0.102. The standard InChI is InChI=1S/C23H24N4O4S2/c1-3-11-27-20(28)14-8-5-6-9-15(14)25-23(27)33-13-16-18(21(29)31-4-2)19(26-22(30)24-16)17-10-7-12-32-17/h5-10,12,19H,3-4,11,13H2,1-2H3,(H2,24,26,30). The lowest BCUT2D eigenvalue weighted by molar-refractivity contribution is -0.139. The topological polar surface area (TPSA) is 102 Å². The number of urea groups is 1. The lowest BCUT2D eigenvalue weighted by Crippen LogP contribution is -2.46. The van der Waals surface area contributed by atoms with Crippen molar-refractivity contribution in [2.45, 2.75) is 38.0 Å². The molecule has 10 heteroatoms. The fraction of sp³-hybridized carbons (Fsp3) is 0.304. The van der Waals surface area contributed by atoms with Crippen LogP contribution in [0.15, 0.2) is 63.0 Å². The first-order valence-corrected chi connectivity index (χ1v) is 12.5. The quantitative estimate of drug-likeness (QED) is 0.286. The number of ether oxygens (including phenoxy) is 1. The highest BCUT2D eigenvalue weighted by atomic mass is 32.2. The third-order valence-electron chi connectivity index (χ3n) is 5.10. The zero-order valence-corrected chi connectivity index (χ0v) is 19.9. The van der Waals surface area contributed by atoms with Gasteiger partial charge in [-0.2, -0.15) is 0 Å². The van der Waals surface area contributed by atoms with E-state index in [9.17, 15) is 14.4 Å². The molecule has 2 aromatic heterocycles. The average molecular weight is 485 g/mol. The van der Waals surface area contributed by atoms with Gasteiger partial charge in [0.25, 0.3) is 5.56 Å². The van der Waals surface area contributed by atoms with E-state index in [1.54, 1.807) is 23.6 Å². The first-order valence-electron chi connectivity index (χ1n) is 10.7. The highest BCUT2D eigenvalue weighted by Crippen LogP contribution is 2.32. The molecule has 1 aliphatic rings. The van der Waals surface area contributed by atoms with E-state index in [-0.39, 0.29) is 17.9 Å². The predicted octanol–water partition coefficient (Wildman–Crippen LogP) is 3.83. The zero-order valence-electron chi connectivity index (χ0n) is 18.3. The summed E-state index contributed by atoms with van der Waals surface area (Å²) in [5, 5.41) is 8.59. The number of thiophene rings is 1. The maximum absolute atomic E-state index is 13.1. The number of nitrogens with zero attached hydrogens (tertiary/aromatic N) is 2. The minimum atomic E-state index is -0.601. The summed E-state index contributed by atoms with van der Waals surface area (Å²) in [5.41, 5.74) is 1.32. The van der Waals surface area contributed by atoms with Gasteiger partial charge >= 0.3 is 12.0 Å². The molecule has 3 aromatic rings. The van der Waals surface area contributed by atoms with Gasteiger partial charge in [0.05, 0.1) is 29.1 Å². The molecule has 0 bridgehead atoms. The van der Waals surface area contributed by atoms with E-state index in [1.165, 1.54) is 23.1 Å². The molecule has 2 N–H and O–H groups in total. The van der Waals surface area contributed by atoms with Crippen LogP contribution in [0.2, 0.25) is 0 Å². The van der Waals surface area contributed by atoms with Gasteiger partial charge in [0, 0.05) is 22.9 Å². The van der Waals surface area contributed by atoms with Crippen molar-refractivity contribution in [1.82, 2.24) is 20.2 Å². The molecular formula is C23H24N4O4S2. The number of aromatic nitrogens is 2. The lowest BCUT2D eigenvalue weighted by Gasteiger charge is -2.28. The molecule has 8 nitrogen and oxygen atoms in total. The Morgan fingerprint density at radius 2 is 2.03 bits per heavy atom. The summed E-state index contributed by atoms with van der Waals surface area (Å²) in [7, 11) is 0. The second kappa shape index (κ2) is 10.2. The monoisotopic (exact) mass is 484 g/mol. The molecule has 0 saturated heterocycles. The molecule has 0 aliphatic carbocycles.